The summed E-state index contributed by atoms with van der Waals surface area (Å²) in [6.07, 6.45) is 48.7. The highest BCUT2D eigenvalue weighted by molar-refractivity contribution is 5.76. The molecule has 47 heavy (non-hydrogen) atoms. The van der Waals surface area contributed by atoms with Gasteiger partial charge in [-0.3, -0.25) is 4.79 Å². The Kier molecular flexibility index (Phi) is 38.8. The van der Waals surface area contributed by atoms with Crippen molar-refractivity contribution < 1.29 is 15.0 Å². The summed E-state index contributed by atoms with van der Waals surface area (Å²) in [7, 11) is 0. The molecule has 0 aliphatic heterocycles. The number of aliphatic hydroxyl groups is 2. The molecule has 280 valence electrons. The van der Waals surface area contributed by atoms with Crippen molar-refractivity contribution in [3.8, 4) is 0 Å². The van der Waals surface area contributed by atoms with Crippen LogP contribution in [0.4, 0.5) is 0 Å². The Morgan fingerprint density at radius 3 is 1.17 bits per heavy atom. The fourth-order valence-corrected chi connectivity index (χ4v) is 6.71. The van der Waals surface area contributed by atoms with Gasteiger partial charge in [0.2, 0.25) is 5.91 Å². The van der Waals surface area contributed by atoms with Crippen molar-refractivity contribution >= 4 is 5.91 Å². The molecule has 4 nitrogen and oxygen atoms in total. The van der Waals surface area contributed by atoms with Crippen LogP contribution in [-0.4, -0.2) is 34.9 Å². The van der Waals surface area contributed by atoms with Gasteiger partial charge in [-0.1, -0.05) is 206 Å². The molecule has 4 heteroatoms. The lowest BCUT2D eigenvalue weighted by atomic mass is 10.0. The minimum atomic E-state index is -0.655. The molecule has 0 rings (SSSR count). The van der Waals surface area contributed by atoms with E-state index in [2.05, 4.69) is 31.3 Å². The third kappa shape index (κ3) is 36.2. The number of hydrogen-bond acceptors (Lipinski definition) is 3. The number of rotatable bonds is 39. The van der Waals surface area contributed by atoms with Gasteiger partial charge in [-0.25, -0.2) is 0 Å². The van der Waals surface area contributed by atoms with Gasteiger partial charge in [-0.05, 0) is 38.5 Å². The molecular weight excluding hydrogens is 578 g/mol. The van der Waals surface area contributed by atoms with Gasteiger partial charge in [0.15, 0.2) is 0 Å². The molecule has 0 spiro atoms. The Hall–Kier alpha value is -0.870. The van der Waals surface area contributed by atoms with Crippen molar-refractivity contribution in [3.05, 3.63) is 12.2 Å². The van der Waals surface area contributed by atoms with E-state index in [1.54, 1.807) is 0 Å². The standard InChI is InChI=1S/C43H85NO3/c1-3-5-7-9-11-13-15-16-17-18-19-20-21-22-23-24-25-26-27-28-29-31-33-35-37-39-43(47)44-41(40-45)42(46)38-36-34-32-30-14-12-10-8-6-4-2/h22-23,41-42,45-46H,3-21,24-40H2,1-2H3,(H,44,47)/b23-22-. The molecule has 3 N–H and O–H groups in total. The normalized spacial score (nSPS) is 13.0. The van der Waals surface area contributed by atoms with Crippen molar-refractivity contribution in [2.24, 2.45) is 0 Å². The van der Waals surface area contributed by atoms with Gasteiger partial charge in [0.25, 0.3) is 0 Å². The molecular formula is C43H85NO3. The maximum Gasteiger partial charge on any atom is 0.220 e. The smallest absolute Gasteiger partial charge is 0.220 e. The van der Waals surface area contributed by atoms with E-state index in [9.17, 15) is 15.0 Å². The molecule has 0 aromatic rings. The molecule has 0 heterocycles. The summed E-state index contributed by atoms with van der Waals surface area (Å²) in [6, 6.07) is -0.532. The number of carbonyl (C=O) groups is 1. The van der Waals surface area contributed by atoms with Crippen LogP contribution in [-0.2, 0) is 4.79 Å². The van der Waals surface area contributed by atoms with Crippen LogP contribution in [0.1, 0.15) is 239 Å². The lowest BCUT2D eigenvalue weighted by molar-refractivity contribution is -0.123. The van der Waals surface area contributed by atoms with Gasteiger partial charge in [0.05, 0.1) is 18.8 Å². The largest absolute Gasteiger partial charge is 0.394 e. The first-order valence-electron chi connectivity index (χ1n) is 21.4. The second-order valence-electron chi connectivity index (χ2n) is 14.8. The Labute approximate surface area is 295 Å². The predicted octanol–water partition coefficient (Wildman–Crippen LogP) is 13.1. The van der Waals surface area contributed by atoms with E-state index in [-0.39, 0.29) is 12.5 Å². The molecule has 0 aliphatic rings. The zero-order chi connectivity index (χ0) is 34.3. The predicted molar refractivity (Wildman–Crippen MR) is 207 cm³/mol. The average molecular weight is 664 g/mol. The molecule has 1 amide bonds. The van der Waals surface area contributed by atoms with Gasteiger partial charge in [0, 0.05) is 6.42 Å². The number of hydrogen-bond donors (Lipinski definition) is 3. The van der Waals surface area contributed by atoms with Crippen molar-refractivity contribution in [2.45, 2.75) is 251 Å². The Morgan fingerprint density at radius 1 is 0.489 bits per heavy atom. The molecule has 0 aromatic carbocycles. The van der Waals surface area contributed by atoms with Crippen LogP contribution >= 0.6 is 0 Å². The van der Waals surface area contributed by atoms with Crippen LogP contribution in [0.3, 0.4) is 0 Å². The summed E-state index contributed by atoms with van der Waals surface area (Å²) >= 11 is 0. The maximum atomic E-state index is 12.4. The van der Waals surface area contributed by atoms with Crippen molar-refractivity contribution in [1.82, 2.24) is 5.32 Å². The molecule has 0 radical (unpaired) electrons. The second kappa shape index (κ2) is 39.6. The topological polar surface area (TPSA) is 69.6 Å². The zero-order valence-corrected chi connectivity index (χ0v) is 32.1. The third-order valence-corrected chi connectivity index (χ3v) is 10.0. The first-order valence-corrected chi connectivity index (χ1v) is 21.4. The quantitative estimate of drug-likeness (QED) is 0.0453. The number of nitrogens with one attached hydrogen (secondary N) is 1. The average Bonchev–Trinajstić information content (AvgIpc) is 3.07. The van der Waals surface area contributed by atoms with E-state index in [1.165, 1.54) is 186 Å². The summed E-state index contributed by atoms with van der Waals surface area (Å²) in [6.45, 7) is 4.35. The molecule has 0 saturated heterocycles. The summed E-state index contributed by atoms with van der Waals surface area (Å²) in [5.41, 5.74) is 0. The van der Waals surface area contributed by atoms with Gasteiger partial charge in [0.1, 0.15) is 0 Å². The Bertz CT molecular complexity index is 637. The van der Waals surface area contributed by atoms with Gasteiger partial charge >= 0.3 is 0 Å². The highest BCUT2D eigenvalue weighted by atomic mass is 16.3. The molecule has 2 atom stereocenters. The van der Waals surface area contributed by atoms with Crippen molar-refractivity contribution in [3.63, 3.8) is 0 Å². The molecule has 0 saturated carbocycles. The Morgan fingerprint density at radius 2 is 0.809 bits per heavy atom. The van der Waals surface area contributed by atoms with Crippen LogP contribution in [0.25, 0.3) is 0 Å². The second-order valence-corrected chi connectivity index (χ2v) is 14.8. The highest BCUT2D eigenvalue weighted by Gasteiger charge is 2.20. The summed E-state index contributed by atoms with van der Waals surface area (Å²) < 4.78 is 0. The number of allylic oxidation sites excluding steroid dienone is 2. The van der Waals surface area contributed by atoms with Crippen molar-refractivity contribution in [1.29, 1.82) is 0 Å². The molecule has 0 fully saturated rings. The molecule has 0 aliphatic carbocycles. The first-order chi connectivity index (χ1) is 23.2. The number of aliphatic hydroxyl groups excluding tert-OH is 2. The van der Waals surface area contributed by atoms with Gasteiger partial charge < -0.3 is 15.5 Å². The van der Waals surface area contributed by atoms with Crippen LogP contribution in [0.15, 0.2) is 12.2 Å². The van der Waals surface area contributed by atoms with E-state index >= 15 is 0 Å². The van der Waals surface area contributed by atoms with Gasteiger partial charge in [-0.2, -0.15) is 0 Å². The Balaban J connectivity index is 3.45. The summed E-state index contributed by atoms with van der Waals surface area (Å²) in [5, 5.41) is 23.0. The fraction of sp³-hybridized carbons (Fsp3) is 0.930. The van der Waals surface area contributed by atoms with E-state index in [0.717, 1.165) is 25.7 Å². The maximum absolute atomic E-state index is 12.4. The highest BCUT2D eigenvalue weighted by Crippen LogP contribution is 2.15. The number of carbonyl (C=O) groups excluding carboxylic acids is 1. The van der Waals surface area contributed by atoms with E-state index in [1.807, 2.05) is 0 Å². The molecule has 0 bridgehead atoms. The summed E-state index contributed by atoms with van der Waals surface area (Å²) in [5.74, 6) is -0.0330. The lowest BCUT2D eigenvalue weighted by Crippen LogP contribution is -2.45. The van der Waals surface area contributed by atoms with Crippen molar-refractivity contribution in [2.75, 3.05) is 6.61 Å². The van der Waals surface area contributed by atoms with Crippen LogP contribution < -0.4 is 5.32 Å². The van der Waals surface area contributed by atoms with Gasteiger partial charge in [-0.15, -0.1) is 0 Å². The number of amides is 1. The van der Waals surface area contributed by atoms with Crippen LogP contribution in [0.2, 0.25) is 0 Å². The summed E-state index contributed by atoms with van der Waals surface area (Å²) in [4.78, 5) is 12.4. The lowest BCUT2D eigenvalue weighted by Gasteiger charge is -2.22. The monoisotopic (exact) mass is 664 g/mol. The first kappa shape index (κ1) is 46.1. The van der Waals surface area contributed by atoms with E-state index < -0.39 is 12.1 Å². The zero-order valence-electron chi connectivity index (χ0n) is 32.1. The SMILES string of the molecule is CCCCCCCCCCCCCC/C=C\CCCCCCCCCCCC(=O)NC(CO)C(O)CCCCCCCCCCCC. The minimum absolute atomic E-state index is 0.0330. The van der Waals surface area contributed by atoms with E-state index in [0.29, 0.717) is 12.8 Å². The van der Waals surface area contributed by atoms with Crippen LogP contribution in [0, 0.1) is 0 Å². The number of unbranched alkanes of at least 4 members (excludes halogenated alkanes) is 30. The third-order valence-electron chi connectivity index (χ3n) is 10.0. The van der Waals surface area contributed by atoms with E-state index in [4.69, 9.17) is 0 Å². The molecule has 2 unspecified atom stereocenters. The minimum Gasteiger partial charge on any atom is -0.394 e. The molecule has 0 aromatic heterocycles. The van der Waals surface area contributed by atoms with Crippen LogP contribution in [0.5, 0.6) is 0 Å². The fourth-order valence-electron chi connectivity index (χ4n) is 6.71.